The highest BCUT2D eigenvalue weighted by molar-refractivity contribution is 5.68. The number of aromatic nitrogens is 2. The lowest BCUT2D eigenvalue weighted by Crippen LogP contribution is -2.41. The van der Waals surface area contributed by atoms with Crippen LogP contribution in [0.5, 0.6) is 0 Å². The number of aliphatic hydroxyl groups is 1. The van der Waals surface area contributed by atoms with Gasteiger partial charge in [0.2, 0.25) is 0 Å². The van der Waals surface area contributed by atoms with Gasteiger partial charge in [-0.15, -0.1) is 0 Å². The number of ether oxygens (including phenoxy) is 1. The standard InChI is InChI=1S/C22H30N4O3/c1-22(2,3)29-21(28)26-11-9-16(10-12-26)18-13-20(25-15-24-18)23-14-19(27)17-7-5-4-6-8-17/h4-8,13,15-16,19,27H,9-12,14H2,1-3H3,(H,23,24,25). The van der Waals surface area contributed by atoms with Crippen LogP contribution in [0.25, 0.3) is 0 Å². The number of aliphatic hydroxyl groups excluding tert-OH is 1. The Morgan fingerprint density at radius 2 is 1.93 bits per heavy atom. The zero-order chi connectivity index (χ0) is 20.9. The molecule has 1 aliphatic rings. The normalized spacial score (nSPS) is 16.3. The van der Waals surface area contributed by atoms with Crippen molar-refractivity contribution in [2.75, 3.05) is 25.0 Å². The fraction of sp³-hybridized carbons (Fsp3) is 0.500. The molecule has 0 saturated carbocycles. The van der Waals surface area contributed by atoms with Crippen molar-refractivity contribution in [1.29, 1.82) is 0 Å². The molecule has 1 atom stereocenters. The first-order chi connectivity index (χ1) is 13.8. The predicted octanol–water partition coefficient (Wildman–Crippen LogP) is 3.74. The quantitative estimate of drug-likeness (QED) is 0.798. The van der Waals surface area contributed by atoms with Crippen molar-refractivity contribution in [3.05, 3.63) is 54.0 Å². The Morgan fingerprint density at radius 1 is 1.24 bits per heavy atom. The number of likely N-dealkylation sites (tertiary alicyclic amines) is 1. The number of benzene rings is 1. The van der Waals surface area contributed by atoms with Crippen LogP contribution in [0.1, 0.15) is 56.9 Å². The fourth-order valence-electron chi connectivity index (χ4n) is 3.37. The molecule has 29 heavy (non-hydrogen) atoms. The van der Waals surface area contributed by atoms with Gasteiger partial charge in [-0.3, -0.25) is 0 Å². The number of amides is 1. The van der Waals surface area contributed by atoms with E-state index in [0.29, 0.717) is 25.5 Å². The van der Waals surface area contributed by atoms with Crippen LogP contribution in [0.2, 0.25) is 0 Å². The van der Waals surface area contributed by atoms with Gasteiger partial charge in [0, 0.05) is 37.3 Å². The Morgan fingerprint density at radius 3 is 2.59 bits per heavy atom. The summed E-state index contributed by atoms with van der Waals surface area (Å²) < 4.78 is 5.46. The summed E-state index contributed by atoms with van der Waals surface area (Å²) in [6.45, 7) is 7.31. The van der Waals surface area contributed by atoms with E-state index in [4.69, 9.17) is 4.74 Å². The van der Waals surface area contributed by atoms with Gasteiger partial charge in [-0.05, 0) is 39.2 Å². The van der Waals surface area contributed by atoms with Gasteiger partial charge in [0.25, 0.3) is 0 Å². The van der Waals surface area contributed by atoms with Gasteiger partial charge >= 0.3 is 6.09 Å². The summed E-state index contributed by atoms with van der Waals surface area (Å²) in [4.78, 5) is 22.7. The molecular weight excluding hydrogens is 368 g/mol. The van der Waals surface area contributed by atoms with E-state index < -0.39 is 11.7 Å². The summed E-state index contributed by atoms with van der Waals surface area (Å²) in [5, 5.41) is 13.5. The molecule has 0 radical (unpaired) electrons. The summed E-state index contributed by atoms with van der Waals surface area (Å²) in [6, 6.07) is 11.5. The number of rotatable bonds is 5. The number of carbonyl (C=O) groups excluding carboxylic acids is 1. The first-order valence-electron chi connectivity index (χ1n) is 10.1. The van der Waals surface area contributed by atoms with Crippen molar-refractivity contribution in [1.82, 2.24) is 14.9 Å². The first kappa shape index (κ1) is 21.0. The molecule has 156 valence electrons. The molecule has 0 spiro atoms. The molecule has 7 nitrogen and oxygen atoms in total. The Kier molecular flexibility index (Phi) is 6.69. The van der Waals surface area contributed by atoms with E-state index in [1.165, 1.54) is 0 Å². The van der Waals surface area contributed by atoms with Crippen molar-refractivity contribution in [3.8, 4) is 0 Å². The lowest BCUT2D eigenvalue weighted by molar-refractivity contribution is 0.0204. The molecule has 1 aromatic carbocycles. The number of carbonyl (C=O) groups is 1. The number of hydrogen-bond acceptors (Lipinski definition) is 6. The molecule has 1 unspecified atom stereocenters. The van der Waals surface area contributed by atoms with Crippen LogP contribution in [0, 0.1) is 0 Å². The third kappa shape index (κ3) is 6.15. The molecule has 7 heteroatoms. The van der Waals surface area contributed by atoms with Gasteiger partial charge in [-0.25, -0.2) is 14.8 Å². The van der Waals surface area contributed by atoms with Crippen LogP contribution >= 0.6 is 0 Å². The second-order valence-electron chi connectivity index (χ2n) is 8.38. The summed E-state index contributed by atoms with van der Waals surface area (Å²) in [5.74, 6) is 0.968. The number of piperidine rings is 1. The molecule has 2 N–H and O–H groups in total. The van der Waals surface area contributed by atoms with Gasteiger partial charge in [-0.2, -0.15) is 0 Å². The molecule has 2 aromatic rings. The molecule has 1 aromatic heterocycles. The number of nitrogens with zero attached hydrogens (tertiary/aromatic N) is 3. The van der Waals surface area contributed by atoms with E-state index in [-0.39, 0.29) is 12.0 Å². The van der Waals surface area contributed by atoms with Crippen LogP contribution in [-0.2, 0) is 4.74 Å². The van der Waals surface area contributed by atoms with E-state index in [0.717, 1.165) is 24.1 Å². The van der Waals surface area contributed by atoms with E-state index in [2.05, 4.69) is 15.3 Å². The van der Waals surface area contributed by atoms with E-state index in [9.17, 15) is 9.90 Å². The van der Waals surface area contributed by atoms with Crippen LogP contribution in [0.4, 0.5) is 10.6 Å². The number of nitrogens with one attached hydrogen (secondary N) is 1. The Balaban J connectivity index is 1.53. The SMILES string of the molecule is CC(C)(C)OC(=O)N1CCC(c2cc(NCC(O)c3ccccc3)ncn2)CC1. The lowest BCUT2D eigenvalue weighted by Gasteiger charge is -2.33. The molecule has 3 rings (SSSR count). The molecule has 1 aliphatic heterocycles. The van der Waals surface area contributed by atoms with Crippen molar-refractivity contribution >= 4 is 11.9 Å². The molecule has 0 bridgehead atoms. The molecule has 1 amide bonds. The minimum absolute atomic E-state index is 0.254. The second-order valence-corrected chi connectivity index (χ2v) is 8.38. The molecule has 1 saturated heterocycles. The molecule has 2 heterocycles. The Labute approximate surface area is 172 Å². The van der Waals surface area contributed by atoms with Gasteiger partial charge in [0.05, 0.1) is 6.10 Å². The zero-order valence-corrected chi connectivity index (χ0v) is 17.3. The average Bonchev–Trinajstić information content (AvgIpc) is 2.72. The highest BCUT2D eigenvalue weighted by Gasteiger charge is 2.28. The van der Waals surface area contributed by atoms with Crippen molar-refractivity contribution < 1.29 is 14.6 Å². The topological polar surface area (TPSA) is 87.6 Å². The van der Waals surface area contributed by atoms with Crippen molar-refractivity contribution in [2.24, 2.45) is 0 Å². The zero-order valence-electron chi connectivity index (χ0n) is 17.3. The maximum Gasteiger partial charge on any atom is 0.410 e. The monoisotopic (exact) mass is 398 g/mol. The summed E-state index contributed by atoms with van der Waals surface area (Å²) in [7, 11) is 0. The van der Waals surface area contributed by atoms with E-state index >= 15 is 0 Å². The van der Waals surface area contributed by atoms with Gasteiger partial charge < -0.3 is 20.1 Å². The van der Waals surface area contributed by atoms with E-state index in [1.54, 1.807) is 11.2 Å². The molecular formula is C22H30N4O3. The highest BCUT2D eigenvalue weighted by Crippen LogP contribution is 2.28. The maximum atomic E-state index is 12.2. The minimum atomic E-state index is -0.605. The maximum absolute atomic E-state index is 12.2. The average molecular weight is 399 g/mol. The van der Waals surface area contributed by atoms with Crippen LogP contribution in [0.3, 0.4) is 0 Å². The first-order valence-corrected chi connectivity index (χ1v) is 10.1. The van der Waals surface area contributed by atoms with Gasteiger partial charge in [-0.1, -0.05) is 30.3 Å². The third-order valence-electron chi connectivity index (χ3n) is 4.91. The summed E-state index contributed by atoms with van der Waals surface area (Å²) in [5.41, 5.74) is 1.34. The van der Waals surface area contributed by atoms with E-state index in [1.807, 2.05) is 57.2 Å². The van der Waals surface area contributed by atoms with Crippen LogP contribution in [-0.4, -0.2) is 51.3 Å². The Hall–Kier alpha value is -2.67. The summed E-state index contributed by atoms with van der Waals surface area (Å²) in [6.07, 6.45) is 2.36. The van der Waals surface area contributed by atoms with Gasteiger partial charge in [0.1, 0.15) is 17.7 Å². The molecule has 1 fully saturated rings. The van der Waals surface area contributed by atoms with Crippen molar-refractivity contribution in [2.45, 2.75) is 51.2 Å². The van der Waals surface area contributed by atoms with Crippen molar-refractivity contribution in [3.63, 3.8) is 0 Å². The number of hydrogen-bond donors (Lipinski definition) is 2. The Bertz CT molecular complexity index is 799. The second kappa shape index (κ2) is 9.22. The minimum Gasteiger partial charge on any atom is -0.444 e. The fourth-order valence-corrected chi connectivity index (χ4v) is 3.37. The molecule has 0 aliphatic carbocycles. The highest BCUT2D eigenvalue weighted by atomic mass is 16.6. The smallest absolute Gasteiger partial charge is 0.410 e. The summed E-state index contributed by atoms with van der Waals surface area (Å²) >= 11 is 0. The number of anilines is 1. The van der Waals surface area contributed by atoms with Gasteiger partial charge in [0.15, 0.2) is 0 Å². The third-order valence-corrected chi connectivity index (χ3v) is 4.91. The van der Waals surface area contributed by atoms with Crippen LogP contribution in [0.15, 0.2) is 42.7 Å². The lowest BCUT2D eigenvalue weighted by atomic mass is 9.93. The largest absolute Gasteiger partial charge is 0.444 e. The van der Waals surface area contributed by atoms with Crippen LogP contribution < -0.4 is 5.32 Å². The predicted molar refractivity (Wildman–Crippen MR) is 112 cm³/mol.